The van der Waals surface area contributed by atoms with E-state index in [-0.39, 0.29) is 24.1 Å². The summed E-state index contributed by atoms with van der Waals surface area (Å²) in [7, 11) is 0. The molecular weight excluding hydrogens is 333 g/mol. The summed E-state index contributed by atoms with van der Waals surface area (Å²) in [5.74, 6) is 0.495. The fraction of sp³-hybridized carbons (Fsp3) is 0.381. The first kappa shape index (κ1) is 18.5. The second-order valence-electron chi connectivity index (χ2n) is 6.72. The molecule has 1 heterocycles. The Morgan fingerprint density at radius 1 is 1.12 bits per heavy atom. The highest BCUT2D eigenvalue weighted by atomic mass is 19.1. The number of piperidine rings is 1. The Morgan fingerprint density at radius 3 is 2.42 bits per heavy atom. The highest BCUT2D eigenvalue weighted by Crippen LogP contribution is 2.22. The summed E-state index contributed by atoms with van der Waals surface area (Å²) in [6.07, 6.45) is 0.986. The van der Waals surface area contributed by atoms with Crippen molar-refractivity contribution < 1.29 is 19.0 Å². The first-order chi connectivity index (χ1) is 12.6. The molecule has 1 N–H and O–H groups in total. The zero-order valence-corrected chi connectivity index (χ0v) is 14.7. The Morgan fingerprint density at radius 2 is 1.77 bits per heavy atom. The van der Waals surface area contributed by atoms with E-state index in [9.17, 15) is 14.3 Å². The van der Waals surface area contributed by atoms with Crippen LogP contribution >= 0.6 is 0 Å². The molecule has 0 saturated carbocycles. The van der Waals surface area contributed by atoms with Crippen LogP contribution in [0, 0.1) is 11.7 Å². The fourth-order valence-electron chi connectivity index (χ4n) is 3.29. The minimum Gasteiger partial charge on any atom is -0.491 e. The van der Waals surface area contributed by atoms with Crippen LogP contribution in [0.2, 0.25) is 0 Å². The molecule has 0 bridgehead atoms. The van der Waals surface area contributed by atoms with Crippen LogP contribution in [0.15, 0.2) is 54.6 Å². The lowest BCUT2D eigenvalue weighted by molar-refractivity contribution is 0.0524. The summed E-state index contributed by atoms with van der Waals surface area (Å²) in [5, 5.41) is 10.2. The van der Waals surface area contributed by atoms with E-state index in [1.807, 2.05) is 30.3 Å². The number of carbonyl (C=O) groups excluding carboxylic acids is 1. The Balaban J connectivity index is 1.40. The molecule has 0 aromatic heterocycles. The van der Waals surface area contributed by atoms with Gasteiger partial charge in [-0.05, 0) is 50.2 Å². The molecule has 4 nitrogen and oxygen atoms in total. The summed E-state index contributed by atoms with van der Waals surface area (Å²) in [5.41, 5.74) is 0.777. The summed E-state index contributed by atoms with van der Waals surface area (Å²) in [6, 6.07) is 15.2. The monoisotopic (exact) mass is 357 g/mol. The lowest BCUT2D eigenvalue weighted by Crippen LogP contribution is -2.42. The van der Waals surface area contributed by atoms with Crippen molar-refractivity contribution in [2.45, 2.75) is 18.9 Å². The average molecular weight is 357 g/mol. The van der Waals surface area contributed by atoms with Crippen LogP contribution in [-0.2, 0) is 0 Å². The van der Waals surface area contributed by atoms with Crippen LogP contribution < -0.4 is 4.74 Å². The average Bonchev–Trinajstić information content (AvgIpc) is 2.68. The lowest BCUT2D eigenvalue weighted by atomic mass is 9.89. The molecule has 0 spiro atoms. The first-order valence-electron chi connectivity index (χ1n) is 9.00. The molecular formula is C21H24FNO3. The molecule has 2 aromatic carbocycles. The predicted molar refractivity (Wildman–Crippen MR) is 97.8 cm³/mol. The van der Waals surface area contributed by atoms with Crippen LogP contribution in [0.1, 0.15) is 23.2 Å². The second kappa shape index (κ2) is 8.92. The molecule has 0 amide bonds. The summed E-state index contributed by atoms with van der Waals surface area (Å²) in [6.45, 7) is 2.25. The number of hydrogen-bond donors (Lipinski definition) is 1. The van der Waals surface area contributed by atoms with E-state index >= 15 is 0 Å². The number of halogens is 1. The Labute approximate surface area is 153 Å². The fourth-order valence-corrected chi connectivity index (χ4v) is 3.29. The van der Waals surface area contributed by atoms with Crippen molar-refractivity contribution in [2.75, 3.05) is 26.2 Å². The largest absolute Gasteiger partial charge is 0.491 e. The second-order valence-corrected chi connectivity index (χ2v) is 6.72. The summed E-state index contributed by atoms with van der Waals surface area (Å²) >= 11 is 0. The van der Waals surface area contributed by atoms with Crippen molar-refractivity contribution >= 4 is 5.78 Å². The van der Waals surface area contributed by atoms with Gasteiger partial charge in [-0.3, -0.25) is 4.79 Å². The van der Waals surface area contributed by atoms with Gasteiger partial charge in [-0.25, -0.2) is 4.39 Å². The predicted octanol–water partition coefficient (Wildman–Crippen LogP) is 3.16. The van der Waals surface area contributed by atoms with E-state index in [1.54, 1.807) is 12.1 Å². The first-order valence-corrected chi connectivity index (χ1v) is 9.00. The maximum Gasteiger partial charge on any atom is 0.166 e. The van der Waals surface area contributed by atoms with Gasteiger partial charge in [0.15, 0.2) is 5.78 Å². The van der Waals surface area contributed by atoms with Crippen molar-refractivity contribution in [1.82, 2.24) is 4.90 Å². The van der Waals surface area contributed by atoms with E-state index < -0.39 is 6.10 Å². The van der Waals surface area contributed by atoms with E-state index in [0.717, 1.165) is 31.5 Å². The van der Waals surface area contributed by atoms with Gasteiger partial charge in [0.05, 0.1) is 0 Å². The van der Waals surface area contributed by atoms with Crippen molar-refractivity contribution in [2.24, 2.45) is 5.92 Å². The van der Waals surface area contributed by atoms with E-state index in [0.29, 0.717) is 12.3 Å². The third-order valence-corrected chi connectivity index (χ3v) is 4.74. The van der Waals surface area contributed by atoms with Gasteiger partial charge in [0, 0.05) is 18.0 Å². The number of benzene rings is 2. The van der Waals surface area contributed by atoms with Gasteiger partial charge >= 0.3 is 0 Å². The molecule has 2 aromatic rings. The van der Waals surface area contributed by atoms with Crippen molar-refractivity contribution in [3.05, 3.63) is 66.0 Å². The van der Waals surface area contributed by atoms with Crippen LogP contribution in [0.25, 0.3) is 0 Å². The molecule has 1 aliphatic rings. The number of ether oxygens (including phenoxy) is 1. The van der Waals surface area contributed by atoms with Crippen molar-refractivity contribution in [3.8, 4) is 5.75 Å². The number of nitrogens with zero attached hydrogens (tertiary/aromatic N) is 1. The highest BCUT2D eigenvalue weighted by molar-refractivity contribution is 5.97. The van der Waals surface area contributed by atoms with Gasteiger partial charge in [-0.1, -0.05) is 30.3 Å². The summed E-state index contributed by atoms with van der Waals surface area (Å²) < 4.78 is 18.3. The van der Waals surface area contributed by atoms with Crippen molar-refractivity contribution in [3.63, 3.8) is 0 Å². The molecule has 3 rings (SSSR count). The molecule has 5 heteroatoms. The molecule has 26 heavy (non-hydrogen) atoms. The summed E-state index contributed by atoms with van der Waals surface area (Å²) in [4.78, 5) is 14.7. The Kier molecular flexibility index (Phi) is 6.36. The van der Waals surface area contributed by atoms with Gasteiger partial charge in [0.2, 0.25) is 0 Å². The normalized spacial score (nSPS) is 17.0. The molecule has 1 atom stereocenters. The third-order valence-electron chi connectivity index (χ3n) is 4.74. The van der Waals surface area contributed by atoms with Gasteiger partial charge in [-0.2, -0.15) is 0 Å². The molecule has 1 aliphatic heterocycles. The highest BCUT2D eigenvalue weighted by Gasteiger charge is 2.26. The zero-order chi connectivity index (χ0) is 18.4. The minimum absolute atomic E-state index is 0.0567. The van der Waals surface area contributed by atoms with Gasteiger partial charge in [0.1, 0.15) is 24.3 Å². The van der Waals surface area contributed by atoms with Gasteiger partial charge in [0.25, 0.3) is 0 Å². The number of carbonyl (C=O) groups is 1. The Hall–Kier alpha value is -2.24. The molecule has 0 radical (unpaired) electrons. The van der Waals surface area contributed by atoms with Gasteiger partial charge < -0.3 is 14.7 Å². The SMILES string of the molecule is O=C(c1ccccc1)C1CCN(CC(O)COc2ccc(F)cc2)CC1. The minimum atomic E-state index is -0.624. The number of rotatable bonds is 7. The maximum absolute atomic E-state index is 12.9. The number of aliphatic hydroxyl groups is 1. The van der Waals surface area contributed by atoms with Crippen LogP contribution in [0.5, 0.6) is 5.75 Å². The number of β-amino-alcohol motifs (C(OH)–C–C–N with tert-alkyl or cyclic N) is 1. The maximum atomic E-state index is 12.9. The molecule has 1 saturated heterocycles. The number of ketones is 1. The number of aliphatic hydroxyl groups excluding tert-OH is 1. The molecule has 1 fully saturated rings. The van der Waals surface area contributed by atoms with Crippen molar-refractivity contribution in [1.29, 1.82) is 0 Å². The third kappa shape index (κ3) is 5.13. The molecule has 0 aliphatic carbocycles. The van der Waals surface area contributed by atoms with Gasteiger partial charge in [-0.15, -0.1) is 0 Å². The van der Waals surface area contributed by atoms with E-state index in [2.05, 4.69) is 4.90 Å². The molecule has 1 unspecified atom stereocenters. The number of likely N-dealkylation sites (tertiary alicyclic amines) is 1. The molecule has 138 valence electrons. The quantitative estimate of drug-likeness (QED) is 0.774. The van der Waals surface area contributed by atoms with Crippen LogP contribution in [-0.4, -0.2) is 48.1 Å². The van der Waals surface area contributed by atoms with E-state index in [1.165, 1.54) is 12.1 Å². The lowest BCUT2D eigenvalue weighted by Gasteiger charge is -2.32. The standard InChI is InChI=1S/C21H24FNO3/c22-18-6-8-20(9-7-18)26-15-19(24)14-23-12-10-17(11-13-23)21(25)16-4-2-1-3-5-16/h1-9,17,19,24H,10-15H2. The smallest absolute Gasteiger partial charge is 0.166 e. The number of Topliss-reactive ketones (excluding diaryl/α,β-unsaturated/α-hetero) is 1. The van der Waals surface area contributed by atoms with Crippen LogP contribution in [0.3, 0.4) is 0 Å². The van der Waals surface area contributed by atoms with Crippen LogP contribution in [0.4, 0.5) is 4.39 Å². The Bertz CT molecular complexity index is 697. The topological polar surface area (TPSA) is 49.8 Å². The zero-order valence-electron chi connectivity index (χ0n) is 14.7. The van der Waals surface area contributed by atoms with E-state index in [4.69, 9.17) is 4.74 Å². The number of hydrogen-bond acceptors (Lipinski definition) is 4.